The largest absolute Gasteiger partial charge is 0.357 e. The summed E-state index contributed by atoms with van der Waals surface area (Å²) in [6, 6.07) is 10.5. The van der Waals surface area contributed by atoms with E-state index < -0.39 is 6.04 Å². The fraction of sp³-hybridized carbons (Fsp3) is 0.393. The van der Waals surface area contributed by atoms with Crippen molar-refractivity contribution in [3.8, 4) is 11.3 Å². The Labute approximate surface area is 233 Å². The molecule has 3 aromatic rings. The molecular weight excluding hydrogens is 516 g/mol. The van der Waals surface area contributed by atoms with Crippen LogP contribution in [0.15, 0.2) is 42.6 Å². The minimum atomic E-state index is -0.657. The molecule has 2 aliphatic rings. The van der Waals surface area contributed by atoms with E-state index in [9.17, 15) is 9.59 Å². The van der Waals surface area contributed by atoms with Crippen molar-refractivity contribution in [3.05, 3.63) is 64.4 Å². The molecule has 4 heterocycles. The van der Waals surface area contributed by atoms with Gasteiger partial charge in [0.25, 0.3) is 5.91 Å². The molecule has 0 spiro atoms. The molecule has 2 atom stereocenters. The molecule has 39 heavy (non-hydrogen) atoms. The summed E-state index contributed by atoms with van der Waals surface area (Å²) in [7, 11) is 3.85. The van der Waals surface area contributed by atoms with Crippen LogP contribution in [0, 0.1) is 0 Å². The van der Waals surface area contributed by atoms with E-state index in [1.807, 2.05) is 37.3 Å². The number of fused-ring (bicyclic) bond motifs is 1. The van der Waals surface area contributed by atoms with E-state index in [1.165, 1.54) is 6.20 Å². The van der Waals surface area contributed by atoms with Crippen molar-refractivity contribution in [1.82, 2.24) is 30.1 Å². The average Bonchev–Trinajstić information content (AvgIpc) is 3.28. The second-order valence-corrected chi connectivity index (χ2v) is 10.5. The fourth-order valence-electron chi connectivity index (χ4n) is 4.92. The Morgan fingerprint density at radius 3 is 2.59 bits per heavy atom. The average molecular weight is 549 g/mol. The van der Waals surface area contributed by atoms with E-state index in [-0.39, 0.29) is 17.9 Å². The first kappa shape index (κ1) is 26.8. The lowest BCUT2D eigenvalue weighted by Crippen LogP contribution is -2.46. The van der Waals surface area contributed by atoms with Gasteiger partial charge in [-0.25, -0.2) is 15.0 Å². The zero-order valence-electron chi connectivity index (χ0n) is 22.6. The summed E-state index contributed by atoms with van der Waals surface area (Å²) in [5.74, 6) is 0.928. The lowest BCUT2D eigenvalue weighted by atomic mass is 10.0. The second-order valence-electron chi connectivity index (χ2n) is 10.1. The van der Waals surface area contributed by atoms with Crippen LogP contribution in [-0.4, -0.2) is 82.9 Å². The minimum absolute atomic E-state index is 0.198. The van der Waals surface area contributed by atoms with E-state index in [2.05, 4.69) is 37.4 Å². The van der Waals surface area contributed by atoms with Gasteiger partial charge in [-0.15, -0.1) is 0 Å². The normalized spacial score (nSPS) is 17.1. The third-order valence-corrected chi connectivity index (χ3v) is 7.69. The van der Waals surface area contributed by atoms with Crippen LogP contribution >= 0.6 is 11.6 Å². The predicted octanol–water partition coefficient (Wildman–Crippen LogP) is 3.21. The van der Waals surface area contributed by atoms with Crippen molar-refractivity contribution in [2.75, 3.05) is 50.5 Å². The van der Waals surface area contributed by atoms with Crippen molar-refractivity contribution in [2.24, 2.45) is 0 Å². The Balaban J connectivity index is 1.27. The second kappa shape index (κ2) is 11.2. The highest BCUT2D eigenvalue weighted by Crippen LogP contribution is 2.32. The maximum atomic E-state index is 13.4. The van der Waals surface area contributed by atoms with Gasteiger partial charge in [-0.2, -0.15) is 0 Å². The summed E-state index contributed by atoms with van der Waals surface area (Å²) < 4.78 is 0. The van der Waals surface area contributed by atoms with Crippen molar-refractivity contribution in [3.63, 3.8) is 0 Å². The third-order valence-electron chi connectivity index (χ3n) is 7.42. The van der Waals surface area contributed by atoms with Crippen LogP contribution in [0.4, 0.5) is 11.8 Å². The molecule has 0 aliphatic carbocycles. The maximum absolute atomic E-state index is 13.4. The minimum Gasteiger partial charge on any atom is -0.357 e. The van der Waals surface area contributed by atoms with Gasteiger partial charge in [0.15, 0.2) is 0 Å². The summed E-state index contributed by atoms with van der Waals surface area (Å²) in [6.07, 6.45) is 1.53. The smallest absolute Gasteiger partial charge is 0.255 e. The Morgan fingerprint density at radius 2 is 1.85 bits per heavy atom. The number of amides is 2. The van der Waals surface area contributed by atoms with Crippen molar-refractivity contribution in [2.45, 2.75) is 32.5 Å². The highest BCUT2D eigenvalue weighted by molar-refractivity contribution is 6.33. The Hall–Kier alpha value is -3.76. The van der Waals surface area contributed by atoms with Crippen LogP contribution in [0.5, 0.6) is 0 Å². The lowest BCUT2D eigenvalue weighted by Gasteiger charge is -2.33. The number of carbonyl (C=O) groups is 2. The first-order valence-electron chi connectivity index (χ1n) is 13.1. The van der Waals surface area contributed by atoms with Gasteiger partial charge in [-0.05, 0) is 44.7 Å². The van der Waals surface area contributed by atoms with Crippen LogP contribution in [0.1, 0.15) is 41.5 Å². The zero-order valence-corrected chi connectivity index (χ0v) is 23.4. The zero-order chi connectivity index (χ0) is 27.7. The Bertz CT molecular complexity index is 1390. The van der Waals surface area contributed by atoms with Crippen molar-refractivity contribution < 1.29 is 9.59 Å². The Morgan fingerprint density at radius 1 is 1.08 bits per heavy atom. The number of nitrogens with one attached hydrogen (secondary N) is 2. The molecule has 0 radical (unpaired) electrons. The predicted molar refractivity (Wildman–Crippen MR) is 152 cm³/mol. The molecule has 1 fully saturated rings. The lowest BCUT2D eigenvalue weighted by molar-refractivity contribution is -0.125. The summed E-state index contributed by atoms with van der Waals surface area (Å²) in [5.41, 5.74) is 3.44. The summed E-state index contributed by atoms with van der Waals surface area (Å²) in [4.78, 5) is 46.2. The number of pyridine rings is 1. The first-order valence-corrected chi connectivity index (χ1v) is 13.5. The van der Waals surface area contributed by atoms with Gasteiger partial charge >= 0.3 is 0 Å². The van der Waals surface area contributed by atoms with Gasteiger partial charge in [0.1, 0.15) is 11.9 Å². The summed E-state index contributed by atoms with van der Waals surface area (Å²) in [6.45, 7) is 7.85. The van der Waals surface area contributed by atoms with E-state index >= 15 is 0 Å². The highest BCUT2D eigenvalue weighted by Gasteiger charge is 2.35. The fourth-order valence-corrected chi connectivity index (χ4v) is 5.12. The monoisotopic (exact) mass is 548 g/mol. The molecule has 204 valence electrons. The quantitative estimate of drug-likeness (QED) is 0.463. The molecular formula is C28H33ClN8O2. The molecule has 10 nitrogen and oxygen atoms in total. The molecule has 2 N–H and O–H groups in total. The van der Waals surface area contributed by atoms with Gasteiger partial charge in [0.2, 0.25) is 11.9 Å². The molecule has 11 heteroatoms. The molecule has 2 amide bonds. The molecule has 1 aromatic carbocycles. The van der Waals surface area contributed by atoms with Crippen molar-refractivity contribution in [1.29, 1.82) is 0 Å². The van der Waals surface area contributed by atoms with Crippen molar-refractivity contribution >= 4 is 35.2 Å². The number of piperazine rings is 1. The van der Waals surface area contributed by atoms with Gasteiger partial charge in [-0.1, -0.05) is 29.8 Å². The Kier molecular flexibility index (Phi) is 7.67. The molecule has 2 aromatic heterocycles. The molecule has 0 bridgehead atoms. The van der Waals surface area contributed by atoms with Gasteiger partial charge in [-0.3, -0.25) is 9.59 Å². The number of anilines is 2. The maximum Gasteiger partial charge on any atom is 0.255 e. The van der Waals surface area contributed by atoms with Crippen LogP contribution in [0.2, 0.25) is 5.02 Å². The third kappa shape index (κ3) is 5.53. The molecule has 2 aliphatic heterocycles. The number of aromatic nitrogens is 3. The van der Waals surface area contributed by atoms with Crippen LogP contribution < -0.4 is 15.5 Å². The van der Waals surface area contributed by atoms with E-state index in [4.69, 9.17) is 16.6 Å². The van der Waals surface area contributed by atoms with E-state index in [0.29, 0.717) is 34.3 Å². The number of hydrogen-bond acceptors (Lipinski definition) is 8. The van der Waals surface area contributed by atoms with Crippen LogP contribution in [0.3, 0.4) is 0 Å². The summed E-state index contributed by atoms with van der Waals surface area (Å²) in [5, 5.41) is 6.34. The molecule has 5 rings (SSSR count). The van der Waals surface area contributed by atoms with Gasteiger partial charge in [0, 0.05) is 50.9 Å². The standard InChI is InChI=1S/C28H33ClN8O2/c1-17(23-6-5-7-24(33-23)36-12-10-35(4)11-13-36)32-26(38)18(2)37-16-20-9-8-19(14-21(20)27(37)39)25-22(29)15-31-28(30-3)34-25/h5-9,14-15,17-18H,10-13,16H2,1-4H3,(H,32,38)(H,30,31,34)/t17-,18-/m1/s1. The number of hydrogen-bond donors (Lipinski definition) is 2. The van der Waals surface area contributed by atoms with Crippen LogP contribution in [0.25, 0.3) is 11.3 Å². The number of halogens is 1. The van der Waals surface area contributed by atoms with E-state index in [1.54, 1.807) is 24.9 Å². The first-order chi connectivity index (χ1) is 18.7. The molecule has 0 saturated carbocycles. The number of rotatable bonds is 7. The number of nitrogens with zero attached hydrogens (tertiary/aromatic N) is 6. The topological polar surface area (TPSA) is 107 Å². The van der Waals surface area contributed by atoms with Gasteiger partial charge in [0.05, 0.1) is 28.6 Å². The van der Waals surface area contributed by atoms with E-state index in [0.717, 1.165) is 43.3 Å². The number of benzene rings is 1. The number of carbonyl (C=O) groups excluding carboxylic acids is 2. The number of likely N-dealkylation sites (N-methyl/N-ethyl adjacent to an activating group) is 1. The SMILES string of the molecule is CNc1ncc(Cl)c(-c2ccc3c(c2)C(=O)N([C@H](C)C(=O)N[C@H](C)c2cccc(N4CCN(C)CC4)n2)C3)n1. The van der Waals surface area contributed by atoms with Gasteiger partial charge < -0.3 is 25.3 Å². The van der Waals surface area contributed by atoms with Crippen LogP contribution in [-0.2, 0) is 11.3 Å². The molecule has 0 unspecified atom stereocenters. The highest BCUT2D eigenvalue weighted by atomic mass is 35.5. The summed E-state index contributed by atoms with van der Waals surface area (Å²) >= 11 is 6.34. The molecule has 1 saturated heterocycles.